The molecule has 6 heteroatoms. The number of amides is 1. The van der Waals surface area contributed by atoms with Crippen LogP contribution in [0.2, 0.25) is 0 Å². The van der Waals surface area contributed by atoms with Gasteiger partial charge >= 0.3 is 6.09 Å². The van der Waals surface area contributed by atoms with Crippen LogP contribution in [0.4, 0.5) is 4.79 Å². The zero-order valence-corrected chi connectivity index (χ0v) is 13.4. The minimum atomic E-state index is -0.909. The van der Waals surface area contributed by atoms with E-state index in [0.717, 1.165) is 5.56 Å². The highest BCUT2D eigenvalue weighted by atomic mass is 16.5. The maximum atomic E-state index is 11.3. The van der Waals surface area contributed by atoms with Gasteiger partial charge in [0.2, 0.25) is 0 Å². The van der Waals surface area contributed by atoms with Crippen molar-refractivity contribution in [3.05, 3.63) is 35.9 Å². The lowest BCUT2D eigenvalue weighted by atomic mass is 10.1. The lowest BCUT2D eigenvalue weighted by Gasteiger charge is -2.16. The van der Waals surface area contributed by atoms with Gasteiger partial charge in [0.15, 0.2) is 0 Å². The molecule has 22 heavy (non-hydrogen) atoms. The van der Waals surface area contributed by atoms with Crippen LogP contribution in [0.3, 0.4) is 0 Å². The van der Waals surface area contributed by atoms with Crippen molar-refractivity contribution in [2.75, 3.05) is 0 Å². The molecule has 0 heterocycles. The molecule has 0 saturated heterocycles. The van der Waals surface area contributed by atoms with E-state index in [0.29, 0.717) is 0 Å². The molecule has 0 radical (unpaired) electrons. The summed E-state index contributed by atoms with van der Waals surface area (Å²) in [5.74, 6) is 0. The van der Waals surface area contributed by atoms with Gasteiger partial charge in [0.05, 0.1) is 17.7 Å². The summed E-state index contributed by atoms with van der Waals surface area (Å²) >= 11 is 0. The third-order valence-electron chi connectivity index (χ3n) is 2.19. The van der Waals surface area contributed by atoms with Gasteiger partial charge in [0, 0.05) is 0 Å². The molecular weight excluding hydrogens is 280 g/mol. The molecule has 1 rings (SSSR count). The molecule has 0 aliphatic heterocycles. The molecule has 1 aromatic rings. The first-order chi connectivity index (χ1) is 10.1. The number of nitrogens with zero attached hydrogens (tertiary/aromatic N) is 2. The molecule has 0 bridgehead atoms. The van der Waals surface area contributed by atoms with Gasteiger partial charge in [-0.1, -0.05) is 30.3 Å². The Morgan fingerprint density at radius 3 is 2.09 bits per heavy atom. The summed E-state index contributed by atoms with van der Waals surface area (Å²) in [7, 11) is 0. The van der Waals surface area contributed by atoms with Crippen LogP contribution in [-0.2, 0) is 11.3 Å². The van der Waals surface area contributed by atoms with Crippen LogP contribution in [-0.4, -0.2) is 17.2 Å². The maximum absolute atomic E-state index is 11.3. The van der Waals surface area contributed by atoms with Crippen molar-refractivity contribution in [2.24, 2.45) is 5.73 Å². The summed E-state index contributed by atoms with van der Waals surface area (Å²) in [5, 5.41) is 19.2. The topological polar surface area (TPSA) is 112 Å². The van der Waals surface area contributed by atoms with Crippen LogP contribution in [0.25, 0.3) is 0 Å². The number of hydrogen-bond acceptors (Lipinski definition) is 5. The van der Waals surface area contributed by atoms with E-state index in [1.165, 1.54) is 0 Å². The fourth-order valence-corrected chi connectivity index (χ4v) is 1.04. The average molecular weight is 302 g/mol. The van der Waals surface area contributed by atoms with Crippen molar-refractivity contribution in [3.63, 3.8) is 0 Å². The van der Waals surface area contributed by atoms with Gasteiger partial charge in [0.25, 0.3) is 0 Å². The molecule has 118 valence electrons. The highest BCUT2D eigenvalue weighted by Crippen LogP contribution is 2.03. The van der Waals surface area contributed by atoms with Crippen LogP contribution in [0, 0.1) is 22.7 Å². The van der Waals surface area contributed by atoms with Gasteiger partial charge in [-0.15, -0.1) is 0 Å². The summed E-state index contributed by atoms with van der Waals surface area (Å²) in [6.07, 6.45) is -0.588. The van der Waals surface area contributed by atoms with E-state index >= 15 is 0 Å². The van der Waals surface area contributed by atoms with E-state index in [4.69, 9.17) is 21.0 Å². The van der Waals surface area contributed by atoms with Crippen molar-refractivity contribution in [1.82, 2.24) is 5.32 Å². The van der Waals surface area contributed by atoms with E-state index in [9.17, 15) is 4.79 Å². The summed E-state index contributed by atoms with van der Waals surface area (Å²) in [6, 6.07) is 13.2. The molecular formula is C16H22N4O2. The normalized spacial score (nSPS) is 10.3. The van der Waals surface area contributed by atoms with Crippen LogP contribution >= 0.6 is 0 Å². The van der Waals surface area contributed by atoms with Crippen molar-refractivity contribution in [1.29, 1.82) is 10.5 Å². The van der Waals surface area contributed by atoms with Gasteiger partial charge in [-0.25, -0.2) is 4.79 Å². The molecule has 0 fully saturated rings. The third-order valence-corrected chi connectivity index (χ3v) is 2.19. The molecule has 1 amide bonds. The quantitative estimate of drug-likeness (QED) is 0.890. The van der Waals surface area contributed by atoms with E-state index < -0.39 is 17.2 Å². The summed E-state index contributed by atoms with van der Waals surface area (Å²) in [5.41, 5.74) is 4.52. The second-order valence-corrected chi connectivity index (χ2v) is 5.76. The Kier molecular flexibility index (Phi) is 7.65. The number of rotatable bonds is 3. The van der Waals surface area contributed by atoms with E-state index in [1.807, 2.05) is 42.5 Å². The fraction of sp³-hybridized carbons (Fsp3) is 0.438. The van der Waals surface area contributed by atoms with E-state index in [-0.39, 0.29) is 6.61 Å². The fourth-order valence-electron chi connectivity index (χ4n) is 1.04. The van der Waals surface area contributed by atoms with Gasteiger partial charge in [-0.3, -0.25) is 0 Å². The van der Waals surface area contributed by atoms with Gasteiger partial charge in [-0.2, -0.15) is 10.5 Å². The first kappa shape index (κ1) is 19.4. The highest BCUT2D eigenvalue weighted by molar-refractivity contribution is 5.68. The second-order valence-electron chi connectivity index (χ2n) is 5.76. The van der Waals surface area contributed by atoms with Crippen molar-refractivity contribution in [3.8, 4) is 12.1 Å². The van der Waals surface area contributed by atoms with E-state index in [2.05, 4.69) is 5.32 Å². The Balaban J connectivity index is 0.000000626. The average Bonchev–Trinajstić information content (AvgIpc) is 2.46. The van der Waals surface area contributed by atoms with Gasteiger partial charge in [0.1, 0.15) is 12.1 Å². The summed E-state index contributed by atoms with van der Waals surface area (Å²) in [4.78, 5) is 11.3. The number of benzene rings is 1. The standard InChI is InChI=1S/C12H14N2O2.C4H8N2/c1-12(2,9-13)14-11(15)16-8-10-6-4-3-5-7-10;1-4(2,6)3-5/h3-7H,8H2,1-2H3,(H,14,15);6H2,1-2H3. The van der Waals surface area contributed by atoms with Crippen molar-refractivity contribution in [2.45, 2.75) is 45.4 Å². The molecule has 0 atom stereocenters. The summed E-state index contributed by atoms with van der Waals surface area (Å²) < 4.78 is 4.96. The molecule has 6 nitrogen and oxygen atoms in total. The maximum Gasteiger partial charge on any atom is 0.408 e. The number of alkyl carbamates (subject to hydrolysis) is 1. The second kappa shape index (κ2) is 8.66. The van der Waals surface area contributed by atoms with Crippen LogP contribution in [0.1, 0.15) is 33.3 Å². The number of hydrogen-bond donors (Lipinski definition) is 2. The first-order valence-corrected chi connectivity index (χ1v) is 6.70. The van der Waals surface area contributed by atoms with Crippen molar-refractivity contribution < 1.29 is 9.53 Å². The lowest BCUT2D eigenvalue weighted by molar-refractivity contribution is 0.133. The number of carbonyl (C=O) groups excluding carboxylic acids is 1. The van der Waals surface area contributed by atoms with E-state index in [1.54, 1.807) is 27.7 Å². The zero-order valence-electron chi connectivity index (χ0n) is 13.4. The van der Waals surface area contributed by atoms with Gasteiger partial charge < -0.3 is 15.8 Å². The highest BCUT2D eigenvalue weighted by Gasteiger charge is 2.19. The molecule has 3 N–H and O–H groups in total. The number of ether oxygens (including phenoxy) is 1. The van der Waals surface area contributed by atoms with Crippen molar-refractivity contribution >= 4 is 6.09 Å². The molecule has 0 aliphatic rings. The van der Waals surface area contributed by atoms with Crippen LogP contribution in [0.15, 0.2) is 30.3 Å². The smallest absolute Gasteiger partial charge is 0.408 e. The van der Waals surface area contributed by atoms with Crippen LogP contribution < -0.4 is 11.1 Å². The Morgan fingerprint density at radius 1 is 1.18 bits per heavy atom. The Morgan fingerprint density at radius 2 is 1.68 bits per heavy atom. The number of nitrogens with one attached hydrogen (secondary N) is 1. The largest absolute Gasteiger partial charge is 0.445 e. The third kappa shape index (κ3) is 10.2. The minimum Gasteiger partial charge on any atom is -0.445 e. The van der Waals surface area contributed by atoms with Gasteiger partial charge in [-0.05, 0) is 33.3 Å². The predicted molar refractivity (Wildman–Crippen MR) is 83.3 cm³/mol. The Bertz CT molecular complexity index is 548. The van der Waals surface area contributed by atoms with Crippen LogP contribution in [0.5, 0.6) is 0 Å². The molecule has 1 aromatic carbocycles. The molecule has 0 saturated carbocycles. The Labute approximate surface area is 131 Å². The molecule has 0 unspecified atom stereocenters. The molecule has 0 spiro atoms. The molecule has 0 aromatic heterocycles. The number of nitriles is 2. The lowest BCUT2D eigenvalue weighted by Crippen LogP contribution is -2.42. The zero-order chi connectivity index (χ0) is 17.2. The first-order valence-electron chi connectivity index (χ1n) is 6.70. The minimum absolute atomic E-state index is 0.203. The number of nitrogens with two attached hydrogens (primary N) is 1. The Hall–Kier alpha value is -2.57. The molecule has 0 aliphatic carbocycles. The summed E-state index contributed by atoms with van der Waals surface area (Å²) in [6.45, 7) is 6.74. The predicted octanol–water partition coefficient (Wildman–Crippen LogP) is 2.46. The number of carbonyl (C=O) groups is 1. The SMILES string of the molecule is CC(C)(C#N)NC(=O)OCc1ccccc1.CC(C)(N)C#N. The monoisotopic (exact) mass is 302 g/mol.